The maximum absolute atomic E-state index is 12.3. The molecule has 0 atom stereocenters. The number of carbonyl (C=O) groups excluding carboxylic acids is 2. The molecule has 1 aliphatic carbocycles. The Morgan fingerprint density at radius 1 is 1.05 bits per heavy atom. The van der Waals surface area contributed by atoms with E-state index in [0.717, 1.165) is 0 Å². The highest BCUT2D eigenvalue weighted by Gasteiger charge is 2.29. The van der Waals surface area contributed by atoms with Gasteiger partial charge in [-0.3, -0.25) is 9.59 Å². The van der Waals surface area contributed by atoms with E-state index in [9.17, 15) is 14.7 Å². The van der Waals surface area contributed by atoms with E-state index < -0.39 is 0 Å². The molecular weight excluding hydrogens is 284 g/mol. The van der Waals surface area contributed by atoms with E-state index in [2.05, 4.69) is 0 Å². The maximum atomic E-state index is 12.3. The number of hydrogen-bond acceptors (Lipinski definition) is 5. The largest absolute Gasteiger partial charge is 0.506 e. The number of phenols is 1. The van der Waals surface area contributed by atoms with Crippen molar-refractivity contribution in [2.24, 2.45) is 0 Å². The van der Waals surface area contributed by atoms with Gasteiger partial charge >= 0.3 is 0 Å². The van der Waals surface area contributed by atoms with Crippen molar-refractivity contribution in [1.29, 1.82) is 0 Å². The van der Waals surface area contributed by atoms with E-state index in [-0.39, 0.29) is 28.4 Å². The normalized spacial score (nSPS) is 13.9. The van der Waals surface area contributed by atoms with Crippen molar-refractivity contribution in [3.05, 3.63) is 41.0 Å². The topological polar surface area (TPSA) is 72.8 Å². The van der Waals surface area contributed by atoms with Gasteiger partial charge < -0.3 is 14.6 Å². The number of rotatable bonds is 2. The first kappa shape index (κ1) is 14.1. The second-order valence-corrected chi connectivity index (χ2v) is 5.10. The number of Topliss-reactive ketones (excluding diaryl/α,β-unsaturated/α-hetero) is 1. The molecule has 22 heavy (non-hydrogen) atoms. The van der Waals surface area contributed by atoms with Crippen molar-refractivity contribution in [3.63, 3.8) is 0 Å². The summed E-state index contributed by atoms with van der Waals surface area (Å²) in [6, 6.07) is 4.88. The average Bonchev–Trinajstić information content (AvgIpc) is 2.51. The Bertz CT molecular complexity index is 861. The van der Waals surface area contributed by atoms with Crippen LogP contribution in [0.1, 0.15) is 27.6 Å². The first-order chi connectivity index (χ1) is 10.5. The Kier molecular flexibility index (Phi) is 3.13. The number of phenolic OH excluding ortho intramolecular Hbond substituents is 1. The number of benzene rings is 2. The van der Waals surface area contributed by atoms with E-state index >= 15 is 0 Å². The minimum Gasteiger partial charge on any atom is -0.506 e. The number of methoxy groups -OCH3 is 2. The van der Waals surface area contributed by atoms with Gasteiger partial charge in [0.15, 0.2) is 11.6 Å². The van der Waals surface area contributed by atoms with Crippen molar-refractivity contribution >= 4 is 22.3 Å². The van der Waals surface area contributed by atoms with Gasteiger partial charge in [0.05, 0.1) is 25.2 Å². The molecule has 0 aromatic heterocycles. The number of hydrogen-bond donors (Lipinski definition) is 1. The highest BCUT2D eigenvalue weighted by molar-refractivity contribution is 6.27. The fourth-order valence-electron chi connectivity index (χ4n) is 2.70. The summed E-state index contributed by atoms with van der Waals surface area (Å²) in [6.07, 6.45) is 1.29. The molecule has 0 spiro atoms. The predicted molar refractivity (Wildman–Crippen MR) is 81.1 cm³/mol. The van der Waals surface area contributed by atoms with Crippen LogP contribution in [0, 0.1) is 0 Å². The molecule has 1 aliphatic rings. The van der Waals surface area contributed by atoms with Gasteiger partial charge in [-0.2, -0.15) is 0 Å². The molecule has 0 unspecified atom stereocenters. The van der Waals surface area contributed by atoms with E-state index in [0.29, 0.717) is 27.8 Å². The maximum Gasteiger partial charge on any atom is 0.193 e. The van der Waals surface area contributed by atoms with Gasteiger partial charge in [-0.05, 0) is 30.5 Å². The summed E-state index contributed by atoms with van der Waals surface area (Å²) in [5, 5.41) is 11.5. The highest BCUT2D eigenvalue weighted by Crippen LogP contribution is 2.42. The zero-order chi connectivity index (χ0) is 16.0. The molecule has 0 radical (unpaired) electrons. The number of allylic oxidation sites excluding steroid dienone is 2. The van der Waals surface area contributed by atoms with E-state index in [1.165, 1.54) is 20.3 Å². The van der Waals surface area contributed by atoms with Crippen LogP contribution in [0.15, 0.2) is 29.8 Å². The molecule has 0 bridgehead atoms. The van der Waals surface area contributed by atoms with Gasteiger partial charge in [0.2, 0.25) is 0 Å². The molecular formula is C17H14O5. The molecule has 0 aliphatic heterocycles. The fourth-order valence-corrected chi connectivity index (χ4v) is 2.70. The summed E-state index contributed by atoms with van der Waals surface area (Å²) in [6.45, 7) is 1.55. The summed E-state index contributed by atoms with van der Waals surface area (Å²) in [7, 11) is 2.98. The Hall–Kier alpha value is -2.82. The third-order valence-corrected chi connectivity index (χ3v) is 3.80. The predicted octanol–water partition coefficient (Wildman–Crippen LogP) is 2.89. The van der Waals surface area contributed by atoms with Crippen molar-refractivity contribution in [1.82, 2.24) is 0 Å². The summed E-state index contributed by atoms with van der Waals surface area (Å²) in [4.78, 5) is 24.4. The summed E-state index contributed by atoms with van der Waals surface area (Å²) < 4.78 is 10.5. The molecule has 2 aromatic carbocycles. The second-order valence-electron chi connectivity index (χ2n) is 5.10. The third kappa shape index (κ3) is 1.86. The van der Waals surface area contributed by atoms with Crippen LogP contribution in [0.5, 0.6) is 17.2 Å². The molecule has 112 valence electrons. The van der Waals surface area contributed by atoms with Crippen molar-refractivity contribution in [3.8, 4) is 17.2 Å². The number of aromatic hydroxyl groups is 1. The molecule has 0 fully saturated rings. The van der Waals surface area contributed by atoms with Crippen LogP contribution in [0.25, 0.3) is 10.8 Å². The van der Waals surface area contributed by atoms with Crippen LogP contribution in [-0.2, 0) is 0 Å². The van der Waals surface area contributed by atoms with Crippen molar-refractivity contribution in [2.45, 2.75) is 6.92 Å². The van der Waals surface area contributed by atoms with Gasteiger partial charge in [-0.25, -0.2) is 0 Å². The van der Waals surface area contributed by atoms with E-state index in [1.807, 2.05) is 0 Å². The SMILES string of the molecule is COc1cc(OC)c2c(O)c3c(cc2c1)C(=O)C=C(C)C3=O. The Morgan fingerprint density at radius 2 is 1.77 bits per heavy atom. The molecule has 0 saturated carbocycles. The quantitative estimate of drug-likeness (QED) is 0.923. The van der Waals surface area contributed by atoms with E-state index in [4.69, 9.17) is 9.47 Å². The third-order valence-electron chi connectivity index (χ3n) is 3.80. The first-order valence-corrected chi connectivity index (χ1v) is 6.67. The number of carbonyl (C=O) groups is 2. The molecule has 3 rings (SSSR count). The average molecular weight is 298 g/mol. The lowest BCUT2D eigenvalue weighted by atomic mass is 9.87. The molecule has 1 N–H and O–H groups in total. The van der Waals surface area contributed by atoms with Crippen LogP contribution < -0.4 is 9.47 Å². The van der Waals surface area contributed by atoms with Crippen LogP contribution in [0.3, 0.4) is 0 Å². The van der Waals surface area contributed by atoms with Gasteiger partial charge in [0.25, 0.3) is 0 Å². The Morgan fingerprint density at radius 3 is 2.41 bits per heavy atom. The first-order valence-electron chi connectivity index (χ1n) is 6.67. The number of fused-ring (bicyclic) bond motifs is 2. The minimum atomic E-state index is -0.355. The summed E-state index contributed by atoms with van der Waals surface area (Å²) >= 11 is 0. The molecule has 0 saturated heterocycles. The summed E-state index contributed by atoms with van der Waals surface area (Å²) in [5.41, 5.74) is 0.525. The molecule has 0 amide bonds. The minimum absolute atomic E-state index is 0.0287. The second kappa shape index (κ2) is 4.87. The lowest BCUT2D eigenvalue weighted by molar-refractivity contribution is 0.0982. The molecule has 2 aromatic rings. The van der Waals surface area contributed by atoms with Gasteiger partial charge in [-0.1, -0.05) is 0 Å². The Labute approximate surface area is 126 Å². The summed E-state index contributed by atoms with van der Waals surface area (Å²) in [5.74, 6) is 0.0165. The van der Waals surface area contributed by atoms with Gasteiger partial charge in [0, 0.05) is 17.2 Å². The Balaban J connectivity index is 2.45. The molecule has 5 heteroatoms. The standard InChI is InChI=1S/C17H14O5/c1-8-4-12(18)11-6-9-5-10(21-2)7-13(22-3)14(9)17(20)15(11)16(8)19/h4-7,20H,1-3H3. The lowest BCUT2D eigenvalue weighted by Gasteiger charge is -2.18. The zero-order valence-electron chi connectivity index (χ0n) is 12.4. The lowest BCUT2D eigenvalue weighted by Crippen LogP contribution is -2.16. The molecule has 0 heterocycles. The van der Waals surface area contributed by atoms with Crippen LogP contribution in [0.4, 0.5) is 0 Å². The zero-order valence-corrected chi connectivity index (χ0v) is 12.4. The molecule has 5 nitrogen and oxygen atoms in total. The number of ketones is 2. The fraction of sp³-hybridized carbons (Fsp3) is 0.176. The number of ether oxygens (including phenoxy) is 2. The smallest absolute Gasteiger partial charge is 0.193 e. The van der Waals surface area contributed by atoms with Gasteiger partial charge in [-0.15, -0.1) is 0 Å². The van der Waals surface area contributed by atoms with E-state index in [1.54, 1.807) is 25.1 Å². The monoisotopic (exact) mass is 298 g/mol. The van der Waals surface area contributed by atoms with Crippen LogP contribution in [0.2, 0.25) is 0 Å². The van der Waals surface area contributed by atoms with Crippen LogP contribution >= 0.6 is 0 Å². The van der Waals surface area contributed by atoms with Crippen molar-refractivity contribution < 1.29 is 24.2 Å². The van der Waals surface area contributed by atoms with Crippen LogP contribution in [-0.4, -0.2) is 30.9 Å². The van der Waals surface area contributed by atoms with Crippen molar-refractivity contribution in [2.75, 3.05) is 14.2 Å². The van der Waals surface area contributed by atoms with Gasteiger partial charge in [0.1, 0.15) is 17.2 Å². The highest BCUT2D eigenvalue weighted by atomic mass is 16.5.